The molecule has 32 heavy (non-hydrogen) atoms. The van der Waals surface area contributed by atoms with Crippen molar-refractivity contribution in [2.24, 2.45) is 0 Å². The van der Waals surface area contributed by atoms with E-state index < -0.39 is 5.25 Å². The molecule has 0 aliphatic heterocycles. The number of carbonyl (C=O) groups is 1. The lowest BCUT2D eigenvalue weighted by Gasteiger charge is -2.21. The Balaban J connectivity index is 1.85. The average molecular weight is 493 g/mol. The van der Waals surface area contributed by atoms with Crippen LogP contribution in [-0.4, -0.2) is 40.0 Å². The second-order valence-corrected chi connectivity index (χ2v) is 9.98. The molecule has 1 heterocycles. The number of carbonyl (C=O) groups excluding carboxylic acids is 1. The topological polar surface area (TPSA) is 64.2 Å². The van der Waals surface area contributed by atoms with Crippen LogP contribution < -0.4 is 10.2 Å². The van der Waals surface area contributed by atoms with Crippen molar-refractivity contribution in [3.8, 4) is 0 Å². The van der Waals surface area contributed by atoms with Gasteiger partial charge in [-0.1, -0.05) is 72.2 Å². The molecule has 2 aromatic carbocycles. The minimum Gasteiger partial charge on any atom is -0.331 e. The van der Waals surface area contributed by atoms with Crippen LogP contribution in [0.2, 0.25) is 10.0 Å². The number of benzene rings is 2. The molecule has 0 bridgehead atoms. The van der Waals surface area contributed by atoms with Crippen molar-refractivity contribution in [3.05, 3.63) is 70.0 Å². The van der Waals surface area contributed by atoms with Crippen molar-refractivity contribution in [1.29, 1.82) is 0 Å². The number of anilines is 1. The zero-order chi connectivity index (χ0) is 23.3. The van der Waals surface area contributed by atoms with Crippen molar-refractivity contribution in [2.75, 3.05) is 19.4 Å². The van der Waals surface area contributed by atoms with E-state index in [9.17, 15) is 4.79 Å². The number of nitrogens with one attached hydrogen (secondary N) is 2. The van der Waals surface area contributed by atoms with E-state index in [4.69, 9.17) is 23.2 Å². The summed E-state index contributed by atoms with van der Waals surface area (Å²) in [4.78, 5) is 14.1. The average Bonchev–Trinajstić information content (AvgIpc) is 3.13. The van der Waals surface area contributed by atoms with Gasteiger partial charge in [-0.05, 0) is 30.7 Å². The molecule has 0 fully saturated rings. The molecule has 6 nitrogen and oxygen atoms in total. The van der Waals surface area contributed by atoms with Gasteiger partial charge >= 0.3 is 0 Å². The molecule has 3 aromatic rings. The molecule has 0 aliphatic rings. The third kappa shape index (κ3) is 6.04. The molecule has 1 amide bonds. The Morgan fingerprint density at radius 3 is 2.53 bits per heavy atom. The fourth-order valence-corrected chi connectivity index (χ4v) is 4.64. The van der Waals surface area contributed by atoms with Gasteiger partial charge in [-0.3, -0.25) is 9.36 Å². The van der Waals surface area contributed by atoms with Crippen LogP contribution in [0.25, 0.3) is 0 Å². The predicted molar refractivity (Wildman–Crippen MR) is 132 cm³/mol. The summed E-state index contributed by atoms with van der Waals surface area (Å²) >= 11 is 13.6. The molecule has 2 atom stereocenters. The Kier molecular flexibility index (Phi) is 8.59. The number of nitrogens with zero attached hydrogens (tertiary/aromatic N) is 3. The summed E-state index contributed by atoms with van der Waals surface area (Å²) in [7, 11) is 4.24. The SMILES string of the molecule is CC[C@@H](c1nnc(S[C@H](C)C(=O)Nc2cc(Cl)ccc2Cl)n1Cc1ccccc1)[NH+](C)C. The van der Waals surface area contributed by atoms with E-state index in [1.807, 2.05) is 25.1 Å². The summed E-state index contributed by atoms with van der Waals surface area (Å²) in [6.45, 7) is 4.63. The van der Waals surface area contributed by atoms with Crippen molar-refractivity contribution < 1.29 is 9.69 Å². The number of thioether (sulfide) groups is 1. The Hall–Kier alpha value is -2.06. The van der Waals surface area contributed by atoms with Crippen molar-refractivity contribution in [3.63, 3.8) is 0 Å². The summed E-state index contributed by atoms with van der Waals surface area (Å²) in [5, 5.41) is 13.1. The molecular formula is C23H28Cl2N5OS+. The molecule has 3 rings (SSSR count). The first-order valence-electron chi connectivity index (χ1n) is 10.5. The Labute approximate surface area is 203 Å². The normalized spacial score (nSPS) is 13.2. The maximum absolute atomic E-state index is 12.9. The molecular weight excluding hydrogens is 465 g/mol. The van der Waals surface area contributed by atoms with Crippen molar-refractivity contribution >= 4 is 46.6 Å². The second kappa shape index (κ2) is 11.2. The first kappa shape index (κ1) is 24.6. The van der Waals surface area contributed by atoms with Crippen molar-refractivity contribution in [1.82, 2.24) is 14.8 Å². The number of hydrogen-bond donors (Lipinski definition) is 2. The van der Waals surface area contributed by atoms with Gasteiger partial charge in [0.1, 0.15) is 6.04 Å². The van der Waals surface area contributed by atoms with Gasteiger partial charge in [-0.2, -0.15) is 0 Å². The highest BCUT2D eigenvalue weighted by Gasteiger charge is 2.27. The fourth-order valence-electron chi connectivity index (χ4n) is 3.45. The summed E-state index contributed by atoms with van der Waals surface area (Å²) in [5.41, 5.74) is 1.65. The molecule has 0 aliphatic carbocycles. The van der Waals surface area contributed by atoms with Crippen LogP contribution in [0, 0.1) is 0 Å². The molecule has 170 valence electrons. The standard InChI is InChI=1S/C23H27Cl2N5OS/c1-5-20(29(3)4)21-27-28-23(30(21)14-16-9-7-6-8-10-16)32-15(2)22(31)26-19-13-17(24)11-12-18(19)25/h6-13,15,20H,5,14H2,1-4H3,(H,26,31)/p+1/t15-,20+/m1/s1. The van der Waals surface area contributed by atoms with Crippen LogP contribution in [0.3, 0.4) is 0 Å². The van der Waals surface area contributed by atoms with E-state index in [-0.39, 0.29) is 11.9 Å². The molecule has 2 N–H and O–H groups in total. The Bertz CT molecular complexity index is 1060. The van der Waals surface area contributed by atoms with Gasteiger partial charge in [-0.15, -0.1) is 10.2 Å². The zero-order valence-electron chi connectivity index (χ0n) is 18.6. The largest absolute Gasteiger partial charge is 0.331 e. The minimum atomic E-state index is -0.414. The van der Waals surface area contributed by atoms with Gasteiger partial charge in [0.2, 0.25) is 5.91 Å². The van der Waals surface area contributed by atoms with E-state index in [2.05, 4.69) is 53.2 Å². The van der Waals surface area contributed by atoms with Gasteiger partial charge < -0.3 is 10.2 Å². The van der Waals surface area contributed by atoms with Crippen LogP contribution in [0.5, 0.6) is 0 Å². The van der Waals surface area contributed by atoms with E-state index >= 15 is 0 Å². The lowest BCUT2D eigenvalue weighted by molar-refractivity contribution is -0.893. The highest BCUT2D eigenvalue weighted by Crippen LogP contribution is 2.29. The van der Waals surface area contributed by atoms with E-state index in [1.165, 1.54) is 16.7 Å². The maximum atomic E-state index is 12.9. The van der Waals surface area contributed by atoms with E-state index in [0.29, 0.717) is 27.4 Å². The lowest BCUT2D eigenvalue weighted by Crippen LogP contribution is -3.06. The fraction of sp³-hybridized carbons (Fsp3) is 0.348. The summed E-state index contributed by atoms with van der Waals surface area (Å²) in [6, 6.07) is 15.4. The first-order chi connectivity index (χ1) is 15.3. The molecule has 0 radical (unpaired) electrons. The highest BCUT2D eigenvalue weighted by atomic mass is 35.5. The number of hydrogen-bond acceptors (Lipinski definition) is 4. The third-order valence-corrected chi connectivity index (χ3v) is 6.83. The zero-order valence-corrected chi connectivity index (χ0v) is 20.9. The van der Waals surface area contributed by atoms with E-state index in [1.54, 1.807) is 18.2 Å². The number of halogens is 2. The molecule has 0 saturated carbocycles. The first-order valence-corrected chi connectivity index (χ1v) is 12.1. The third-order valence-electron chi connectivity index (χ3n) is 5.18. The predicted octanol–water partition coefficient (Wildman–Crippen LogP) is 4.35. The van der Waals surface area contributed by atoms with Crippen LogP contribution in [0.4, 0.5) is 5.69 Å². The lowest BCUT2D eigenvalue weighted by atomic mass is 10.2. The minimum absolute atomic E-state index is 0.180. The van der Waals surface area contributed by atoms with Crippen LogP contribution in [0.15, 0.2) is 53.7 Å². The number of quaternary nitrogens is 1. The summed E-state index contributed by atoms with van der Waals surface area (Å²) in [5.74, 6) is 0.740. The Morgan fingerprint density at radius 1 is 1.16 bits per heavy atom. The molecule has 1 aromatic heterocycles. The highest BCUT2D eigenvalue weighted by molar-refractivity contribution is 8.00. The second-order valence-electron chi connectivity index (χ2n) is 7.82. The van der Waals surface area contributed by atoms with Crippen LogP contribution in [0.1, 0.15) is 37.7 Å². The quantitative estimate of drug-likeness (QED) is 0.435. The van der Waals surface area contributed by atoms with Gasteiger partial charge in [0.25, 0.3) is 0 Å². The van der Waals surface area contributed by atoms with Gasteiger partial charge in [0, 0.05) is 11.4 Å². The number of aromatic nitrogens is 3. The van der Waals surface area contributed by atoms with Gasteiger partial charge in [-0.25, -0.2) is 0 Å². The van der Waals surface area contributed by atoms with Crippen molar-refractivity contribution in [2.45, 2.75) is 43.3 Å². The smallest absolute Gasteiger partial charge is 0.237 e. The summed E-state index contributed by atoms with van der Waals surface area (Å²) < 4.78 is 2.12. The Morgan fingerprint density at radius 2 is 1.88 bits per heavy atom. The van der Waals surface area contributed by atoms with Gasteiger partial charge in [0.15, 0.2) is 11.0 Å². The monoisotopic (exact) mass is 492 g/mol. The van der Waals surface area contributed by atoms with Crippen LogP contribution in [-0.2, 0) is 11.3 Å². The maximum Gasteiger partial charge on any atom is 0.237 e. The molecule has 0 saturated heterocycles. The summed E-state index contributed by atoms with van der Waals surface area (Å²) in [6.07, 6.45) is 0.934. The van der Waals surface area contributed by atoms with Crippen LogP contribution >= 0.6 is 35.0 Å². The van der Waals surface area contributed by atoms with E-state index in [0.717, 1.165) is 17.8 Å². The number of amides is 1. The molecule has 0 unspecified atom stereocenters. The molecule has 9 heteroatoms. The van der Waals surface area contributed by atoms with Gasteiger partial charge in [0.05, 0.1) is 36.6 Å². The number of rotatable bonds is 9. The molecule has 0 spiro atoms.